The Morgan fingerprint density at radius 2 is 1.93 bits per heavy atom. The van der Waals surface area contributed by atoms with Crippen molar-refractivity contribution in [2.24, 2.45) is 0 Å². The lowest BCUT2D eigenvalue weighted by molar-refractivity contribution is -0.125. The highest BCUT2D eigenvalue weighted by Gasteiger charge is 2.19. The first-order chi connectivity index (χ1) is 13.4. The van der Waals surface area contributed by atoms with Gasteiger partial charge in [0.1, 0.15) is 9.71 Å². The quantitative estimate of drug-likeness (QED) is 0.572. The maximum absolute atomic E-state index is 12.4. The van der Waals surface area contributed by atoms with Gasteiger partial charge in [-0.25, -0.2) is 9.48 Å². The molecule has 3 rings (SSSR count). The summed E-state index contributed by atoms with van der Waals surface area (Å²) in [5.74, 6) is -0.797. The van der Waals surface area contributed by atoms with Crippen LogP contribution in [0.5, 0.6) is 0 Å². The van der Waals surface area contributed by atoms with Gasteiger partial charge in [-0.3, -0.25) is 4.79 Å². The molecule has 0 saturated heterocycles. The fourth-order valence-corrected chi connectivity index (χ4v) is 4.07. The minimum atomic E-state index is -0.511. The van der Waals surface area contributed by atoms with E-state index in [-0.39, 0.29) is 18.6 Å². The lowest BCUT2D eigenvalue weighted by Crippen LogP contribution is -2.36. The zero-order chi connectivity index (χ0) is 20.3. The highest BCUT2D eigenvalue weighted by atomic mass is 35.5. The number of ether oxygens (including phenoxy) is 1. The predicted octanol–water partition coefficient (Wildman–Crippen LogP) is 4.51. The molecule has 1 aromatic carbocycles. The minimum Gasteiger partial charge on any atom is -0.451 e. The molecule has 0 bridgehead atoms. The number of hydrogen-bond acceptors (Lipinski definition) is 5. The van der Waals surface area contributed by atoms with Gasteiger partial charge in [-0.2, -0.15) is 5.10 Å². The zero-order valence-electron chi connectivity index (χ0n) is 16.0. The Morgan fingerprint density at radius 3 is 2.57 bits per heavy atom. The van der Waals surface area contributed by atoms with E-state index in [2.05, 4.69) is 10.4 Å². The number of esters is 1. The molecule has 0 fully saturated rings. The fraction of sp³-hybridized carbons (Fsp3) is 0.350. The van der Waals surface area contributed by atoms with Gasteiger partial charge in [0.2, 0.25) is 0 Å². The average molecular weight is 420 g/mol. The summed E-state index contributed by atoms with van der Waals surface area (Å²) in [5.41, 5.74) is 1.67. The van der Waals surface area contributed by atoms with Crippen molar-refractivity contribution in [3.8, 4) is 5.69 Å². The summed E-state index contributed by atoms with van der Waals surface area (Å²) in [6, 6.07) is 9.18. The molecule has 0 atom stereocenters. The van der Waals surface area contributed by atoms with Crippen molar-refractivity contribution in [3.05, 3.63) is 45.9 Å². The summed E-state index contributed by atoms with van der Waals surface area (Å²) in [6.45, 7) is 5.61. The zero-order valence-corrected chi connectivity index (χ0v) is 17.6. The Morgan fingerprint density at radius 1 is 1.25 bits per heavy atom. The van der Waals surface area contributed by atoms with Crippen LogP contribution in [0, 0.1) is 6.92 Å². The molecule has 1 N–H and O–H groups in total. The summed E-state index contributed by atoms with van der Waals surface area (Å²) in [4.78, 5) is 25.6. The largest absolute Gasteiger partial charge is 0.451 e. The van der Waals surface area contributed by atoms with Crippen LogP contribution in [0.2, 0.25) is 5.02 Å². The standard InChI is InChI=1S/C20H22ClN3O3S/c1-4-14(5-2)22-18(25)11-27-20(26)17-10-16-12(3)23-24(19(16)28-17)15-8-6-13(21)7-9-15/h6-10,14H,4-5,11H2,1-3H3,(H,22,25). The number of benzene rings is 1. The number of nitrogens with one attached hydrogen (secondary N) is 1. The summed E-state index contributed by atoms with van der Waals surface area (Å²) >= 11 is 7.25. The fourth-order valence-electron chi connectivity index (χ4n) is 2.87. The number of hydrogen-bond donors (Lipinski definition) is 1. The second-order valence-electron chi connectivity index (χ2n) is 6.46. The molecule has 28 heavy (non-hydrogen) atoms. The van der Waals surface area contributed by atoms with E-state index in [0.717, 1.165) is 34.4 Å². The first kappa shape index (κ1) is 20.4. The molecule has 148 valence electrons. The molecule has 0 radical (unpaired) electrons. The number of thiophene rings is 1. The van der Waals surface area contributed by atoms with Crippen LogP contribution in [0.15, 0.2) is 30.3 Å². The molecule has 3 aromatic rings. The topological polar surface area (TPSA) is 73.2 Å². The lowest BCUT2D eigenvalue weighted by Gasteiger charge is -2.14. The lowest BCUT2D eigenvalue weighted by atomic mass is 10.2. The number of halogens is 1. The van der Waals surface area contributed by atoms with Crippen molar-refractivity contribution in [3.63, 3.8) is 0 Å². The molecular weight excluding hydrogens is 398 g/mol. The molecule has 0 saturated carbocycles. The number of aryl methyl sites for hydroxylation is 1. The first-order valence-corrected chi connectivity index (χ1v) is 10.3. The van der Waals surface area contributed by atoms with Gasteiger partial charge in [-0.1, -0.05) is 25.4 Å². The van der Waals surface area contributed by atoms with Crippen LogP contribution in [0.1, 0.15) is 42.1 Å². The Hall–Kier alpha value is -2.38. The molecule has 0 spiro atoms. The van der Waals surface area contributed by atoms with E-state index in [1.54, 1.807) is 22.9 Å². The van der Waals surface area contributed by atoms with Gasteiger partial charge in [0.15, 0.2) is 6.61 Å². The molecular formula is C20H22ClN3O3S. The maximum atomic E-state index is 12.4. The van der Waals surface area contributed by atoms with E-state index in [1.165, 1.54) is 11.3 Å². The molecule has 0 aliphatic heterocycles. The van der Waals surface area contributed by atoms with Gasteiger partial charge in [0.25, 0.3) is 5.91 Å². The highest BCUT2D eigenvalue weighted by molar-refractivity contribution is 7.20. The first-order valence-electron chi connectivity index (χ1n) is 9.14. The van der Waals surface area contributed by atoms with Crippen molar-refractivity contribution < 1.29 is 14.3 Å². The van der Waals surface area contributed by atoms with Crippen molar-refractivity contribution in [2.45, 2.75) is 39.7 Å². The number of rotatable bonds is 7. The summed E-state index contributed by atoms with van der Waals surface area (Å²) in [7, 11) is 0. The molecule has 8 heteroatoms. The maximum Gasteiger partial charge on any atom is 0.348 e. The van der Waals surface area contributed by atoms with Gasteiger partial charge in [-0.05, 0) is 50.1 Å². The smallest absolute Gasteiger partial charge is 0.348 e. The van der Waals surface area contributed by atoms with Gasteiger partial charge < -0.3 is 10.1 Å². The van der Waals surface area contributed by atoms with Crippen LogP contribution < -0.4 is 5.32 Å². The third-order valence-electron chi connectivity index (χ3n) is 4.50. The molecule has 6 nitrogen and oxygen atoms in total. The average Bonchev–Trinajstić information content (AvgIpc) is 3.26. The third kappa shape index (κ3) is 4.36. The second kappa shape index (κ2) is 8.75. The van der Waals surface area contributed by atoms with Crippen molar-refractivity contribution >= 4 is 45.0 Å². The van der Waals surface area contributed by atoms with E-state index in [0.29, 0.717) is 9.90 Å². The predicted molar refractivity (Wildman–Crippen MR) is 111 cm³/mol. The van der Waals surface area contributed by atoms with Crippen molar-refractivity contribution in [2.75, 3.05) is 6.61 Å². The van der Waals surface area contributed by atoms with E-state index in [9.17, 15) is 9.59 Å². The van der Waals surface area contributed by atoms with Crippen LogP contribution in [0.4, 0.5) is 0 Å². The van der Waals surface area contributed by atoms with Gasteiger partial charge in [-0.15, -0.1) is 11.3 Å². The number of carbonyl (C=O) groups excluding carboxylic acids is 2. The number of amides is 1. The van der Waals surface area contributed by atoms with E-state index < -0.39 is 5.97 Å². The number of carbonyl (C=O) groups is 2. The number of nitrogens with zero attached hydrogens (tertiary/aromatic N) is 2. The summed E-state index contributed by atoms with van der Waals surface area (Å²) in [6.07, 6.45) is 1.68. The highest BCUT2D eigenvalue weighted by Crippen LogP contribution is 2.31. The van der Waals surface area contributed by atoms with Gasteiger partial charge in [0, 0.05) is 16.5 Å². The molecule has 0 unspecified atom stereocenters. The minimum absolute atomic E-state index is 0.100. The monoisotopic (exact) mass is 419 g/mol. The van der Waals surface area contributed by atoms with Crippen LogP contribution in [-0.2, 0) is 9.53 Å². The second-order valence-corrected chi connectivity index (χ2v) is 7.93. The van der Waals surface area contributed by atoms with Crippen LogP contribution in [-0.4, -0.2) is 34.3 Å². The summed E-state index contributed by atoms with van der Waals surface area (Å²) < 4.78 is 6.97. The van der Waals surface area contributed by atoms with Gasteiger partial charge in [0.05, 0.1) is 11.4 Å². The van der Waals surface area contributed by atoms with Crippen molar-refractivity contribution in [1.29, 1.82) is 0 Å². The molecule has 2 aromatic heterocycles. The van der Waals surface area contributed by atoms with E-state index >= 15 is 0 Å². The molecule has 2 heterocycles. The number of aromatic nitrogens is 2. The Kier molecular flexibility index (Phi) is 6.36. The molecule has 0 aliphatic rings. The van der Waals surface area contributed by atoms with E-state index in [4.69, 9.17) is 16.3 Å². The summed E-state index contributed by atoms with van der Waals surface area (Å²) in [5, 5.41) is 8.92. The normalized spacial score (nSPS) is 11.2. The van der Waals surface area contributed by atoms with Gasteiger partial charge >= 0.3 is 5.97 Å². The van der Waals surface area contributed by atoms with Crippen molar-refractivity contribution in [1.82, 2.24) is 15.1 Å². The number of fused-ring (bicyclic) bond motifs is 1. The molecule has 1 amide bonds. The van der Waals surface area contributed by atoms with Crippen LogP contribution in [0.3, 0.4) is 0 Å². The SMILES string of the molecule is CCC(CC)NC(=O)COC(=O)c1cc2c(C)nn(-c3ccc(Cl)cc3)c2s1. The third-order valence-corrected chi connectivity index (χ3v) is 5.84. The van der Waals surface area contributed by atoms with E-state index in [1.807, 2.05) is 32.9 Å². The van der Waals surface area contributed by atoms with Crippen LogP contribution >= 0.6 is 22.9 Å². The Labute approximate surface area is 172 Å². The Bertz CT molecular complexity index is 990. The molecule has 0 aliphatic carbocycles. The Balaban J connectivity index is 1.75. The van der Waals surface area contributed by atoms with Crippen LogP contribution in [0.25, 0.3) is 15.9 Å².